The smallest absolute Gasteiger partial charge is 0.273 e. The molecule has 1 rings (SSSR count). The summed E-state index contributed by atoms with van der Waals surface area (Å²) < 4.78 is 5.15. The first-order chi connectivity index (χ1) is 8.06. The molecule has 0 unspecified atom stereocenters. The summed E-state index contributed by atoms with van der Waals surface area (Å²) >= 11 is 7.88. The Kier molecular flexibility index (Phi) is 9.06. The zero-order chi connectivity index (χ0) is 13.1. The van der Waals surface area contributed by atoms with Gasteiger partial charge >= 0.3 is 0 Å². The Morgan fingerprint density at radius 2 is 1.94 bits per heavy atom. The number of carbonyl (C=O) groups excluding carboxylic acids is 1. The van der Waals surface area contributed by atoms with Crippen molar-refractivity contribution in [2.45, 2.75) is 6.61 Å². The van der Waals surface area contributed by atoms with Crippen molar-refractivity contribution in [3.8, 4) is 0 Å². The van der Waals surface area contributed by atoms with Crippen molar-refractivity contribution in [3.05, 3.63) is 35.9 Å². The van der Waals surface area contributed by atoms with Crippen LogP contribution in [0.4, 0.5) is 4.79 Å². The number of benzene rings is 1. The topological polar surface area (TPSA) is 102 Å². The molecule has 0 spiro atoms. The first-order valence-electron chi connectivity index (χ1n) is 4.47. The quantitative estimate of drug-likeness (QED) is 0.237. The second kappa shape index (κ2) is 9.85. The van der Waals surface area contributed by atoms with Crippen molar-refractivity contribution < 1.29 is 9.53 Å². The number of hydrogen-bond donors (Lipinski definition) is 5. The number of hydrazine groups is 2. The lowest BCUT2D eigenvalue weighted by atomic mass is 10.2. The SMILES string of the molecule is NC(=O)S.NNNC(=S)OCc1ccccc1. The molecule has 1 aromatic carbocycles. The molecular weight excluding hydrogens is 260 g/mol. The number of thiol groups is 1. The van der Waals surface area contributed by atoms with Crippen molar-refractivity contribution in [2.24, 2.45) is 11.6 Å². The molecule has 1 aromatic rings. The van der Waals surface area contributed by atoms with E-state index in [1.807, 2.05) is 30.3 Å². The van der Waals surface area contributed by atoms with E-state index in [0.29, 0.717) is 6.61 Å². The number of nitrogens with one attached hydrogen (secondary N) is 2. The summed E-state index contributed by atoms with van der Waals surface area (Å²) in [5.41, 5.74) is 10.0. The Hall–Kier alpha value is -1.35. The van der Waals surface area contributed by atoms with Gasteiger partial charge < -0.3 is 10.5 Å². The molecular formula is C9H14N4O2S2. The minimum atomic E-state index is -0.639. The summed E-state index contributed by atoms with van der Waals surface area (Å²) in [5.74, 6) is 4.97. The largest absolute Gasteiger partial charge is 0.465 e. The third-order valence-corrected chi connectivity index (χ3v) is 1.61. The molecule has 0 atom stereocenters. The number of rotatable bonds is 3. The standard InChI is InChI=1S/C8H11N3OS.CH3NOS/c9-11-10-8(13)12-6-7-4-2-1-3-5-7;2-1(3)4/h1-5,11H,6,9H2,(H,10,13);(H3,2,3,4). The van der Waals surface area contributed by atoms with Gasteiger partial charge in [-0.25, -0.2) is 0 Å². The van der Waals surface area contributed by atoms with Crippen molar-refractivity contribution in [2.75, 3.05) is 0 Å². The van der Waals surface area contributed by atoms with Crippen molar-refractivity contribution in [1.82, 2.24) is 11.0 Å². The number of nitrogens with two attached hydrogens (primary N) is 2. The maximum atomic E-state index is 9.09. The van der Waals surface area contributed by atoms with Crippen LogP contribution in [0.2, 0.25) is 0 Å². The molecule has 0 heterocycles. The van der Waals surface area contributed by atoms with Gasteiger partial charge in [0.1, 0.15) is 6.61 Å². The van der Waals surface area contributed by atoms with Crippen LogP contribution in [-0.2, 0) is 11.3 Å². The Labute approximate surface area is 110 Å². The molecule has 0 fully saturated rings. The molecule has 6 nitrogen and oxygen atoms in total. The van der Waals surface area contributed by atoms with Gasteiger partial charge in [-0.05, 0) is 17.8 Å². The molecule has 0 aliphatic heterocycles. The van der Waals surface area contributed by atoms with Crippen molar-refractivity contribution in [1.29, 1.82) is 0 Å². The van der Waals surface area contributed by atoms with E-state index in [2.05, 4.69) is 29.3 Å². The zero-order valence-electron chi connectivity index (χ0n) is 8.92. The Balaban J connectivity index is 0.000000557. The van der Waals surface area contributed by atoms with Crippen LogP contribution >= 0.6 is 24.8 Å². The first kappa shape index (κ1) is 15.7. The third-order valence-electron chi connectivity index (χ3n) is 1.39. The number of ether oxygens (including phenoxy) is 1. The highest BCUT2D eigenvalue weighted by molar-refractivity contribution is 7.96. The molecule has 17 heavy (non-hydrogen) atoms. The number of carbonyl (C=O) groups is 1. The normalized spacial score (nSPS) is 8.59. The summed E-state index contributed by atoms with van der Waals surface area (Å²) in [4.78, 5) is 9.09. The summed E-state index contributed by atoms with van der Waals surface area (Å²) in [5, 5.41) is -0.411. The highest BCUT2D eigenvalue weighted by atomic mass is 32.1. The highest BCUT2D eigenvalue weighted by Crippen LogP contribution is 1.99. The van der Waals surface area contributed by atoms with E-state index < -0.39 is 5.24 Å². The van der Waals surface area contributed by atoms with Crippen LogP contribution in [0.1, 0.15) is 5.56 Å². The number of amides is 1. The number of hydrogen-bond acceptors (Lipinski definition) is 5. The predicted octanol–water partition coefficient (Wildman–Crippen LogP) is 0.451. The molecule has 0 aliphatic rings. The average molecular weight is 274 g/mol. The zero-order valence-corrected chi connectivity index (χ0v) is 10.6. The third kappa shape index (κ3) is 10.9. The van der Waals surface area contributed by atoms with E-state index >= 15 is 0 Å². The average Bonchev–Trinajstić information content (AvgIpc) is 2.27. The predicted molar refractivity (Wildman–Crippen MR) is 72.9 cm³/mol. The second-order valence-electron chi connectivity index (χ2n) is 2.67. The van der Waals surface area contributed by atoms with Gasteiger partial charge in [-0.3, -0.25) is 16.1 Å². The van der Waals surface area contributed by atoms with E-state index in [-0.39, 0.29) is 5.17 Å². The monoisotopic (exact) mass is 274 g/mol. The molecule has 0 aromatic heterocycles. The van der Waals surface area contributed by atoms with E-state index in [4.69, 9.17) is 27.6 Å². The van der Waals surface area contributed by atoms with E-state index in [1.165, 1.54) is 0 Å². The maximum Gasteiger partial charge on any atom is 0.273 e. The Morgan fingerprint density at radius 1 is 1.41 bits per heavy atom. The fraction of sp³-hybridized carbons (Fsp3) is 0.111. The summed E-state index contributed by atoms with van der Waals surface area (Å²) in [6.45, 7) is 0.439. The van der Waals surface area contributed by atoms with Crippen LogP contribution < -0.4 is 22.5 Å². The first-order valence-corrected chi connectivity index (χ1v) is 5.32. The van der Waals surface area contributed by atoms with Gasteiger partial charge in [0, 0.05) is 0 Å². The summed E-state index contributed by atoms with van der Waals surface area (Å²) in [7, 11) is 0. The van der Waals surface area contributed by atoms with E-state index in [9.17, 15) is 0 Å². The minimum absolute atomic E-state index is 0.228. The van der Waals surface area contributed by atoms with E-state index in [0.717, 1.165) is 5.56 Å². The van der Waals surface area contributed by atoms with Crippen molar-refractivity contribution >= 4 is 35.3 Å². The Morgan fingerprint density at radius 3 is 2.41 bits per heavy atom. The van der Waals surface area contributed by atoms with Crippen molar-refractivity contribution in [3.63, 3.8) is 0 Å². The summed E-state index contributed by atoms with van der Waals surface area (Å²) in [6.07, 6.45) is 0. The van der Waals surface area contributed by atoms with Crippen LogP contribution in [0.25, 0.3) is 0 Å². The second-order valence-corrected chi connectivity index (χ2v) is 3.48. The highest BCUT2D eigenvalue weighted by Gasteiger charge is 1.95. The lowest BCUT2D eigenvalue weighted by Crippen LogP contribution is -2.42. The van der Waals surface area contributed by atoms with Gasteiger partial charge in [-0.15, -0.1) is 0 Å². The van der Waals surface area contributed by atoms with Gasteiger partial charge in [0.25, 0.3) is 10.4 Å². The lowest BCUT2D eigenvalue weighted by molar-refractivity contribution is 0.267. The van der Waals surface area contributed by atoms with E-state index in [1.54, 1.807) is 0 Å². The molecule has 0 saturated carbocycles. The molecule has 0 saturated heterocycles. The fourth-order valence-corrected chi connectivity index (χ4v) is 0.936. The van der Waals surface area contributed by atoms with Gasteiger partial charge in [0.05, 0.1) is 0 Å². The van der Waals surface area contributed by atoms with Gasteiger partial charge in [0.15, 0.2) is 0 Å². The molecule has 6 N–H and O–H groups in total. The molecule has 94 valence electrons. The number of primary amides is 1. The van der Waals surface area contributed by atoms with Gasteiger partial charge in [-0.1, -0.05) is 43.0 Å². The van der Waals surface area contributed by atoms with Gasteiger partial charge in [-0.2, -0.15) is 5.53 Å². The molecule has 0 aliphatic carbocycles. The van der Waals surface area contributed by atoms with Gasteiger partial charge in [0.2, 0.25) is 0 Å². The molecule has 0 bridgehead atoms. The Bertz CT molecular complexity index is 344. The summed E-state index contributed by atoms with van der Waals surface area (Å²) in [6, 6.07) is 9.74. The fourth-order valence-electron chi connectivity index (χ4n) is 0.818. The van der Waals surface area contributed by atoms with Crippen LogP contribution in [0.5, 0.6) is 0 Å². The van der Waals surface area contributed by atoms with Crippen LogP contribution in [-0.4, -0.2) is 10.4 Å². The van der Waals surface area contributed by atoms with Crippen LogP contribution in [0.3, 0.4) is 0 Å². The molecule has 0 radical (unpaired) electrons. The minimum Gasteiger partial charge on any atom is -0.465 e. The maximum absolute atomic E-state index is 9.09. The van der Waals surface area contributed by atoms with Crippen LogP contribution in [0, 0.1) is 0 Å². The molecule has 1 amide bonds. The molecule has 8 heteroatoms. The lowest BCUT2D eigenvalue weighted by Gasteiger charge is -2.07. The van der Waals surface area contributed by atoms with Crippen LogP contribution in [0.15, 0.2) is 30.3 Å². The number of thiocarbonyl (C=S) groups is 1.